The molecule has 0 saturated carbocycles. The van der Waals surface area contributed by atoms with Crippen molar-refractivity contribution in [1.82, 2.24) is 4.90 Å². The predicted octanol–water partition coefficient (Wildman–Crippen LogP) is 3.17. The summed E-state index contributed by atoms with van der Waals surface area (Å²) in [7, 11) is 0. The van der Waals surface area contributed by atoms with Crippen LogP contribution in [0.2, 0.25) is 0 Å². The monoisotopic (exact) mass is 258 g/mol. The van der Waals surface area contributed by atoms with Crippen molar-refractivity contribution >= 4 is 0 Å². The van der Waals surface area contributed by atoms with Crippen LogP contribution >= 0.6 is 0 Å². The van der Waals surface area contributed by atoms with Gasteiger partial charge in [-0.25, -0.2) is 0 Å². The van der Waals surface area contributed by atoms with Gasteiger partial charge in [-0.05, 0) is 50.5 Å². The molecule has 19 heavy (non-hydrogen) atoms. The Hall–Kier alpha value is -0.860. The van der Waals surface area contributed by atoms with Gasteiger partial charge in [-0.1, -0.05) is 30.3 Å². The summed E-state index contributed by atoms with van der Waals surface area (Å²) >= 11 is 0. The lowest BCUT2D eigenvalue weighted by atomic mass is 9.86. The number of piperidine rings is 1. The fraction of sp³-hybridized carbons (Fsp3) is 0.647. The predicted molar refractivity (Wildman–Crippen MR) is 79.8 cm³/mol. The quantitative estimate of drug-likeness (QED) is 0.899. The molecular weight excluding hydrogens is 232 g/mol. The Labute approximate surface area is 117 Å². The van der Waals surface area contributed by atoms with Crippen molar-refractivity contribution in [2.75, 3.05) is 0 Å². The molecule has 1 aromatic rings. The Morgan fingerprint density at radius 3 is 2.37 bits per heavy atom. The fourth-order valence-electron chi connectivity index (χ4n) is 4.16. The summed E-state index contributed by atoms with van der Waals surface area (Å²) in [6, 6.07) is 12.9. The van der Waals surface area contributed by atoms with Gasteiger partial charge < -0.3 is 5.73 Å². The highest BCUT2D eigenvalue weighted by Crippen LogP contribution is 2.40. The van der Waals surface area contributed by atoms with E-state index < -0.39 is 0 Å². The van der Waals surface area contributed by atoms with Gasteiger partial charge in [0, 0.05) is 24.7 Å². The maximum absolute atomic E-state index is 5.98. The Bertz CT molecular complexity index is 387. The number of rotatable bonds is 4. The van der Waals surface area contributed by atoms with Gasteiger partial charge in [0.2, 0.25) is 0 Å². The Balaban J connectivity index is 1.63. The summed E-state index contributed by atoms with van der Waals surface area (Å²) in [5.41, 5.74) is 7.44. The van der Waals surface area contributed by atoms with E-state index in [1.807, 2.05) is 0 Å². The van der Waals surface area contributed by atoms with Crippen molar-refractivity contribution in [2.45, 2.75) is 63.7 Å². The molecule has 2 aliphatic heterocycles. The average Bonchev–Trinajstić information content (AvgIpc) is 2.62. The molecule has 0 amide bonds. The van der Waals surface area contributed by atoms with Gasteiger partial charge in [-0.2, -0.15) is 0 Å². The molecule has 2 N–H and O–H groups in total. The summed E-state index contributed by atoms with van der Waals surface area (Å²) in [6.45, 7) is 3.29. The lowest BCUT2D eigenvalue weighted by molar-refractivity contribution is 0.0909. The molecule has 2 aliphatic rings. The van der Waals surface area contributed by atoms with Crippen LogP contribution in [0.5, 0.6) is 0 Å². The van der Waals surface area contributed by atoms with Gasteiger partial charge in [-0.15, -0.1) is 0 Å². The van der Waals surface area contributed by atoms with Gasteiger partial charge in [-0.3, -0.25) is 4.90 Å². The van der Waals surface area contributed by atoms with E-state index in [0.29, 0.717) is 6.04 Å². The maximum atomic E-state index is 5.98. The van der Waals surface area contributed by atoms with E-state index in [-0.39, 0.29) is 0 Å². The first-order valence-corrected chi connectivity index (χ1v) is 7.77. The zero-order valence-corrected chi connectivity index (χ0v) is 12.0. The minimum Gasteiger partial charge on any atom is -0.328 e. The lowest BCUT2D eigenvalue weighted by Crippen LogP contribution is -2.43. The topological polar surface area (TPSA) is 29.3 Å². The molecule has 2 saturated heterocycles. The zero-order chi connectivity index (χ0) is 13.2. The van der Waals surface area contributed by atoms with E-state index in [1.54, 1.807) is 0 Å². The van der Waals surface area contributed by atoms with Gasteiger partial charge in [0.05, 0.1) is 0 Å². The highest BCUT2D eigenvalue weighted by atomic mass is 15.2. The number of fused-ring (bicyclic) bond motifs is 2. The molecule has 0 aromatic heterocycles. The molecule has 3 atom stereocenters. The second-order valence-corrected chi connectivity index (χ2v) is 6.59. The van der Waals surface area contributed by atoms with Gasteiger partial charge in [0.15, 0.2) is 0 Å². The fourth-order valence-corrected chi connectivity index (χ4v) is 4.16. The van der Waals surface area contributed by atoms with Crippen LogP contribution in [-0.2, 0) is 6.54 Å². The summed E-state index contributed by atoms with van der Waals surface area (Å²) in [6.07, 6.45) is 6.74. The lowest BCUT2D eigenvalue weighted by Gasteiger charge is -2.39. The van der Waals surface area contributed by atoms with E-state index in [1.165, 1.54) is 37.7 Å². The molecule has 2 heteroatoms. The largest absolute Gasteiger partial charge is 0.328 e. The molecule has 3 unspecified atom stereocenters. The van der Waals surface area contributed by atoms with Crippen LogP contribution in [-0.4, -0.2) is 23.0 Å². The number of hydrogen-bond acceptors (Lipinski definition) is 2. The number of nitrogens with two attached hydrogens (primary N) is 1. The molecule has 2 fully saturated rings. The smallest absolute Gasteiger partial charge is 0.0239 e. The molecule has 2 heterocycles. The molecule has 0 spiro atoms. The molecule has 104 valence electrons. The SMILES string of the molecule is CC(N)CC1CC2CCC(C1)N2Cc1ccccc1. The van der Waals surface area contributed by atoms with Crippen molar-refractivity contribution in [3.8, 4) is 0 Å². The van der Waals surface area contributed by atoms with Gasteiger partial charge in [0.1, 0.15) is 0 Å². The minimum absolute atomic E-state index is 0.366. The van der Waals surface area contributed by atoms with E-state index in [4.69, 9.17) is 5.73 Å². The zero-order valence-electron chi connectivity index (χ0n) is 12.0. The molecule has 2 bridgehead atoms. The Morgan fingerprint density at radius 2 is 1.79 bits per heavy atom. The molecular formula is C17H26N2. The van der Waals surface area contributed by atoms with Crippen molar-refractivity contribution in [3.63, 3.8) is 0 Å². The van der Waals surface area contributed by atoms with E-state index >= 15 is 0 Å². The summed E-state index contributed by atoms with van der Waals surface area (Å²) in [5.74, 6) is 0.865. The van der Waals surface area contributed by atoms with Crippen molar-refractivity contribution in [2.24, 2.45) is 11.7 Å². The molecule has 0 aliphatic carbocycles. The Morgan fingerprint density at radius 1 is 1.16 bits per heavy atom. The van der Waals surface area contributed by atoms with Crippen LogP contribution in [0, 0.1) is 5.92 Å². The third kappa shape index (κ3) is 3.01. The molecule has 1 aromatic carbocycles. The van der Waals surface area contributed by atoms with E-state index in [2.05, 4.69) is 42.2 Å². The molecule has 3 rings (SSSR count). The first kappa shape index (κ1) is 13.1. The summed E-state index contributed by atoms with van der Waals surface area (Å²) in [4.78, 5) is 2.76. The average molecular weight is 258 g/mol. The third-order valence-corrected chi connectivity index (χ3v) is 4.90. The second-order valence-electron chi connectivity index (χ2n) is 6.59. The highest BCUT2D eigenvalue weighted by molar-refractivity contribution is 5.15. The van der Waals surface area contributed by atoms with Crippen LogP contribution in [0.4, 0.5) is 0 Å². The van der Waals surface area contributed by atoms with Crippen molar-refractivity contribution < 1.29 is 0 Å². The van der Waals surface area contributed by atoms with E-state index in [0.717, 1.165) is 24.5 Å². The molecule has 0 radical (unpaired) electrons. The third-order valence-electron chi connectivity index (χ3n) is 4.90. The number of nitrogens with zero attached hydrogens (tertiary/aromatic N) is 1. The van der Waals surface area contributed by atoms with E-state index in [9.17, 15) is 0 Å². The first-order valence-electron chi connectivity index (χ1n) is 7.77. The minimum atomic E-state index is 0.366. The van der Waals surface area contributed by atoms with Crippen LogP contribution in [0.25, 0.3) is 0 Å². The maximum Gasteiger partial charge on any atom is 0.0239 e. The summed E-state index contributed by atoms with van der Waals surface area (Å²) in [5, 5.41) is 0. The van der Waals surface area contributed by atoms with Crippen LogP contribution in [0.3, 0.4) is 0 Å². The standard InChI is InChI=1S/C17H26N2/c1-13(18)9-15-10-16-7-8-17(11-15)19(16)12-14-5-3-2-4-6-14/h2-6,13,15-17H,7-12,18H2,1H3. The van der Waals surface area contributed by atoms with Gasteiger partial charge >= 0.3 is 0 Å². The van der Waals surface area contributed by atoms with Crippen molar-refractivity contribution in [1.29, 1.82) is 0 Å². The van der Waals surface area contributed by atoms with Crippen LogP contribution in [0.15, 0.2) is 30.3 Å². The van der Waals surface area contributed by atoms with Crippen LogP contribution in [0.1, 0.15) is 44.6 Å². The van der Waals surface area contributed by atoms with Gasteiger partial charge in [0.25, 0.3) is 0 Å². The first-order chi connectivity index (χ1) is 9.22. The van der Waals surface area contributed by atoms with Crippen molar-refractivity contribution in [3.05, 3.63) is 35.9 Å². The number of benzene rings is 1. The molecule has 2 nitrogen and oxygen atoms in total. The normalized spacial score (nSPS) is 32.4. The number of hydrogen-bond donors (Lipinski definition) is 1. The second kappa shape index (κ2) is 5.64. The highest BCUT2D eigenvalue weighted by Gasteiger charge is 2.40. The Kier molecular flexibility index (Phi) is 3.90. The van der Waals surface area contributed by atoms with Crippen LogP contribution < -0.4 is 5.73 Å². The summed E-state index contributed by atoms with van der Waals surface area (Å²) < 4.78 is 0.